The lowest BCUT2D eigenvalue weighted by molar-refractivity contribution is 0.602. The van der Waals surface area contributed by atoms with Gasteiger partial charge in [0, 0.05) is 9.79 Å². The van der Waals surface area contributed by atoms with Crippen molar-refractivity contribution in [3.63, 3.8) is 0 Å². The number of hydrogen-bond donors (Lipinski definition) is 0. The number of hydrogen-bond acceptors (Lipinski definition) is 2. The third-order valence-electron chi connectivity index (χ3n) is 2.13. The van der Waals surface area contributed by atoms with Crippen molar-refractivity contribution in [2.75, 3.05) is 0 Å². The van der Waals surface area contributed by atoms with Gasteiger partial charge in [0.2, 0.25) is 0 Å². The molecule has 0 aliphatic carbocycles. The summed E-state index contributed by atoms with van der Waals surface area (Å²) in [5.41, 5.74) is 0.421. The molecular weight excluding hydrogens is 257 g/mol. The molecule has 2 aromatic rings. The lowest BCUT2D eigenvalue weighted by atomic mass is 10.2. The molecule has 0 radical (unpaired) electrons. The van der Waals surface area contributed by atoms with Crippen LogP contribution in [0.1, 0.15) is 5.56 Å². The molecule has 0 atom stereocenters. The standard InChI is InChI=1S/C13H7ClFNS/c14-11-7-10(6-5-9(11)8-16)17-13-4-2-1-3-12(13)15/h1-7H. The molecule has 0 saturated heterocycles. The molecule has 4 heteroatoms. The third-order valence-corrected chi connectivity index (χ3v) is 3.48. The first kappa shape index (κ1) is 12.0. The van der Waals surface area contributed by atoms with Gasteiger partial charge in [0.15, 0.2) is 0 Å². The molecule has 0 unspecified atom stereocenters. The minimum absolute atomic E-state index is 0.266. The molecule has 0 fully saturated rings. The SMILES string of the molecule is N#Cc1ccc(Sc2ccccc2F)cc1Cl. The summed E-state index contributed by atoms with van der Waals surface area (Å²) in [6.07, 6.45) is 0. The van der Waals surface area contributed by atoms with Crippen LogP contribution < -0.4 is 0 Å². The Bertz CT molecular complexity index is 592. The fourth-order valence-corrected chi connectivity index (χ4v) is 2.47. The highest BCUT2D eigenvalue weighted by atomic mass is 35.5. The molecule has 2 rings (SSSR count). The summed E-state index contributed by atoms with van der Waals surface area (Å²) in [6.45, 7) is 0. The molecule has 0 aromatic heterocycles. The first-order chi connectivity index (χ1) is 8.20. The maximum Gasteiger partial charge on any atom is 0.137 e. The van der Waals surface area contributed by atoms with Crippen LogP contribution in [0, 0.1) is 17.1 Å². The van der Waals surface area contributed by atoms with Gasteiger partial charge >= 0.3 is 0 Å². The van der Waals surface area contributed by atoms with Gasteiger partial charge in [-0.25, -0.2) is 4.39 Å². The zero-order chi connectivity index (χ0) is 12.3. The maximum absolute atomic E-state index is 13.4. The Kier molecular flexibility index (Phi) is 3.68. The minimum Gasteiger partial charge on any atom is -0.206 e. The van der Waals surface area contributed by atoms with E-state index in [1.54, 1.807) is 36.4 Å². The lowest BCUT2D eigenvalue weighted by Gasteiger charge is -2.04. The topological polar surface area (TPSA) is 23.8 Å². The Balaban J connectivity index is 2.29. The average Bonchev–Trinajstić information content (AvgIpc) is 2.32. The largest absolute Gasteiger partial charge is 0.206 e. The number of nitriles is 1. The van der Waals surface area contributed by atoms with Crippen molar-refractivity contribution in [2.45, 2.75) is 9.79 Å². The predicted octanol–water partition coefficient (Wildman–Crippen LogP) is 4.50. The van der Waals surface area contributed by atoms with Gasteiger partial charge in [-0.15, -0.1) is 0 Å². The van der Waals surface area contributed by atoms with Crippen LogP contribution in [-0.2, 0) is 0 Å². The van der Waals surface area contributed by atoms with Crippen LogP contribution in [0.5, 0.6) is 0 Å². The van der Waals surface area contributed by atoms with Crippen molar-refractivity contribution >= 4 is 23.4 Å². The summed E-state index contributed by atoms with van der Waals surface area (Å²) < 4.78 is 13.4. The van der Waals surface area contributed by atoms with Crippen molar-refractivity contribution in [2.24, 2.45) is 0 Å². The highest BCUT2D eigenvalue weighted by Gasteiger charge is 2.05. The van der Waals surface area contributed by atoms with Crippen LogP contribution in [0.2, 0.25) is 5.02 Å². The molecule has 0 heterocycles. The van der Waals surface area contributed by atoms with E-state index in [1.807, 2.05) is 6.07 Å². The highest BCUT2D eigenvalue weighted by Crippen LogP contribution is 2.32. The van der Waals surface area contributed by atoms with Crippen LogP contribution >= 0.6 is 23.4 Å². The molecular formula is C13H7ClFNS. The molecule has 0 aliphatic heterocycles. The van der Waals surface area contributed by atoms with E-state index < -0.39 is 0 Å². The van der Waals surface area contributed by atoms with Gasteiger partial charge in [-0.05, 0) is 30.3 Å². The van der Waals surface area contributed by atoms with Crippen molar-refractivity contribution < 1.29 is 4.39 Å². The summed E-state index contributed by atoms with van der Waals surface area (Å²) in [6, 6.07) is 13.6. The molecule has 17 heavy (non-hydrogen) atoms. The summed E-state index contributed by atoms with van der Waals surface area (Å²) in [5.74, 6) is -0.266. The van der Waals surface area contributed by atoms with Gasteiger partial charge in [0.05, 0.1) is 10.6 Å². The molecule has 0 amide bonds. The molecule has 0 N–H and O–H groups in total. The number of rotatable bonds is 2. The fourth-order valence-electron chi connectivity index (χ4n) is 1.30. The zero-order valence-corrected chi connectivity index (χ0v) is 10.2. The van der Waals surface area contributed by atoms with Gasteiger partial charge in [0.1, 0.15) is 11.9 Å². The Morgan fingerprint density at radius 2 is 1.94 bits per heavy atom. The summed E-state index contributed by atoms with van der Waals surface area (Å²) in [5, 5.41) is 9.13. The van der Waals surface area contributed by atoms with E-state index in [2.05, 4.69) is 0 Å². The van der Waals surface area contributed by atoms with Gasteiger partial charge < -0.3 is 0 Å². The van der Waals surface area contributed by atoms with E-state index in [4.69, 9.17) is 16.9 Å². The van der Waals surface area contributed by atoms with E-state index >= 15 is 0 Å². The van der Waals surface area contributed by atoms with Crippen molar-refractivity contribution in [1.29, 1.82) is 5.26 Å². The number of nitrogens with zero attached hydrogens (tertiary/aromatic N) is 1. The van der Waals surface area contributed by atoms with E-state index in [1.165, 1.54) is 17.8 Å². The van der Waals surface area contributed by atoms with Crippen molar-refractivity contribution in [3.05, 3.63) is 58.9 Å². The Hall–Kier alpha value is -1.50. The molecule has 0 bridgehead atoms. The van der Waals surface area contributed by atoms with Gasteiger partial charge in [0.25, 0.3) is 0 Å². The summed E-state index contributed by atoms with van der Waals surface area (Å²) in [7, 11) is 0. The monoisotopic (exact) mass is 263 g/mol. The second-order valence-electron chi connectivity index (χ2n) is 3.29. The van der Waals surface area contributed by atoms with Crippen LogP contribution in [0.25, 0.3) is 0 Å². The lowest BCUT2D eigenvalue weighted by Crippen LogP contribution is -1.81. The highest BCUT2D eigenvalue weighted by molar-refractivity contribution is 7.99. The summed E-state index contributed by atoms with van der Waals surface area (Å²) >= 11 is 7.18. The maximum atomic E-state index is 13.4. The van der Waals surface area contributed by atoms with Gasteiger partial charge in [-0.1, -0.05) is 35.5 Å². The molecule has 1 nitrogen and oxygen atoms in total. The van der Waals surface area contributed by atoms with E-state index in [9.17, 15) is 4.39 Å². The Labute approximate surface area is 108 Å². The molecule has 0 spiro atoms. The fraction of sp³-hybridized carbons (Fsp3) is 0. The third kappa shape index (κ3) is 2.79. The first-order valence-electron chi connectivity index (χ1n) is 4.83. The Morgan fingerprint density at radius 3 is 2.59 bits per heavy atom. The molecule has 0 aliphatic rings. The van der Waals surface area contributed by atoms with E-state index in [-0.39, 0.29) is 5.82 Å². The van der Waals surface area contributed by atoms with Gasteiger partial charge in [-0.3, -0.25) is 0 Å². The van der Waals surface area contributed by atoms with Crippen LogP contribution in [-0.4, -0.2) is 0 Å². The van der Waals surface area contributed by atoms with Crippen LogP contribution in [0.3, 0.4) is 0 Å². The van der Waals surface area contributed by atoms with E-state index in [0.29, 0.717) is 15.5 Å². The second kappa shape index (κ2) is 5.22. The minimum atomic E-state index is -0.266. The van der Waals surface area contributed by atoms with Crippen molar-refractivity contribution in [1.82, 2.24) is 0 Å². The molecule has 0 saturated carbocycles. The molecule has 84 valence electrons. The van der Waals surface area contributed by atoms with Crippen LogP contribution in [0.4, 0.5) is 4.39 Å². The van der Waals surface area contributed by atoms with E-state index in [0.717, 1.165) is 4.90 Å². The van der Waals surface area contributed by atoms with Gasteiger partial charge in [-0.2, -0.15) is 5.26 Å². The zero-order valence-electron chi connectivity index (χ0n) is 8.65. The Morgan fingerprint density at radius 1 is 1.18 bits per heavy atom. The summed E-state index contributed by atoms with van der Waals surface area (Å²) in [4.78, 5) is 1.34. The molecule has 2 aromatic carbocycles. The predicted molar refractivity (Wildman–Crippen MR) is 66.7 cm³/mol. The number of halogens is 2. The normalized spacial score (nSPS) is 9.94. The second-order valence-corrected chi connectivity index (χ2v) is 4.81. The van der Waals surface area contributed by atoms with Crippen molar-refractivity contribution in [3.8, 4) is 6.07 Å². The van der Waals surface area contributed by atoms with Crippen LogP contribution in [0.15, 0.2) is 52.3 Å². The first-order valence-corrected chi connectivity index (χ1v) is 6.02. The smallest absolute Gasteiger partial charge is 0.137 e. The average molecular weight is 264 g/mol. The number of benzene rings is 2. The quantitative estimate of drug-likeness (QED) is 0.796.